The third kappa shape index (κ3) is 2.22. The zero-order chi connectivity index (χ0) is 16.0. The molecular weight excluding hydrogens is 288 g/mol. The molecule has 2 aromatic rings. The van der Waals surface area contributed by atoms with E-state index in [9.17, 15) is 10.1 Å². The van der Waals surface area contributed by atoms with Crippen LogP contribution in [0.4, 0.5) is 11.4 Å². The molecule has 0 aromatic heterocycles. The fraction of sp³-hybridized carbons (Fsp3) is 0.263. The number of fused-ring (bicyclic) bond motifs is 3. The molecule has 0 unspecified atom stereocenters. The molecule has 4 heteroatoms. The van der Waals surface area contributed by atoms with Crippen LogP contribution in [0.1, 0.15) is 35.1 Å². The summed E-state index contributed by atoms with van der Waals surface area (Å²) in [4.78, 5) is 11.1. The highest BCUT2D eigenvalue weighted by atomic mass is 16.6. The highest BCUT2D eigenvalue weighted by Crippen LogP contribution is 2.51. The first kappa shape index (κ1) is 14.0. The molecule has 1 N–H and O–H groups in total. The molecular formula is C19H18N2O2. The summed E-state index contributed by atoms with van der Waals surface area (Å²) in [6, 6.07) is 13.9. The summed E-state index contributed by atoms with van der Waals surface area (Å²) >= 11 is 0. The number of anilines is 1. The zero-order valence-corrected chi connectivity index (χ0v) is 12.9. The summed E-state index contributed by atoms with van der Waals surface area (Å²) in [7, 11) is 0. The molecule has 0 amide bonds. The fourth-order valence-electron chi connectivity index (χ4n) is 3.86. The summed E-state index contributed by atoms with van der Waals surface area (Å²) in [5, 5.41) is 14.9. The minimum atomic E-state index is -0.295. The number of benzene rings is 2. The number of nitrogens with zero attached hydrogens (tertiary/aromatic N) is 1. The van der Waals surface area contributed by atoms with Gasteiger partial charge in [-0.2, -0.15) is 0 Å². The van der Waals surface area contributed by atoms with Gasteiger partial charge in [-0.05, 0) is 30.4 Å². The van der Waals surface area contributed by atoms with Crippen LogP contribution in [0.3, 0.4) is 0 Å². The highest BCUT2D eigenvalue weighted by Gasteiger charge is 2.40. The lowest BCUT2D eigenvalue weighted by Gasteiger charge is -2.37. The summed E-state index contributed by atoms with van der Waals surface area (Å²) in [5.41, 5.74) is 4.30. The van der Waals surface area contributed by atoms with E-state index in [1.807, 2.05) is 6.07 Å². The Bertz CT molecular complexity index is 796. The van der Waals surface area contributed by atoms with E-state index in [1.165, 1.54) is 11.1 Å². The minimum absolute atomic E-state index is 0.101. The maximum Gasteiger partial charge on any atom is 0.292 e. The van der Waals surface area contributed by atoms with Crippen molar-refractivity contribution in [1.29, 1.82) is 0 Å². The van der Waals surface area contributed by atoms with E-state index in [0.29, 0.717) is 11.6 Å². The predicted molar refractivity (Wildman–Crippen MR) is 90.6 cm³/mol. The standard InChI is InChI=1S/C19H18N2O2/c1-12-8-10-13(11-9-12)18-15-5-2-4-14(15)16-6-3-7-17(21(22)23)19(16)20-18/h2-4,6-11,14-15,18,20H,5H2,1H3/t14-,15+,18-/m0/s1. The number of allylic oxidation sites excluding steroid dienone is 2. The Morgan fingerprint density at radius 1 is 1.17 bits per heavy atom. The van der Waals surface area contributed by atoms with Crippen LogP contribution in [0.15, 0.2) is 54.6 Å². The molecule has 0 saturated heterocycles. The van der Waals surface area contributed by atoms with Gasteiger partial charge < -0.3 is 5.32 Å². The minimum Gasteiger partial charge on any atom is -0.372 e. The van der Waals surface area contributed by atoms with Gasteiger partial charge in [-0.3, -0.25) is 10.1 Å². The number of hydrogen-bond acceptors (Lipinski definition) is 3. The lowest BCUT2D eigenvalue weighted by atomic mass is 9.76. The Labute approximate surface area is 135 Å². The Balaban J connectivity index is 1.83. The molecule has 4 rings (SSSR count). The summed E-state index contributed by atoms with van der Waals surface area (Å²) in [5.74, 6) is 0.657. The average Bonchev–Trinajstić information content (AvgIpc) is 3.04. The maximum absolute atomic E-state index is 11.4. The van der Waals surface area contributed by atoms with Gasteiger partial charge in [-0.1, -0.05) is 54.1 Å². The van der Waals surface area contributed by atoms with E-state index in [0.717, 1.165) is 12.0 Å². The zero-order valence-electron chi connectivity index (χ0n) is 12.9. The van der Waals surface area contributed by atoms with Crippen LogP contribution < -0.4 is 5.32 Å². The summed E-state index contributed by atoms with van der Waals surface area (Å²) < 4.78 is 0. The molecule has 4 nitrogen and oxygen atoms in total. The summed E-state index contributed by atoms with van der Waals surface area (Å²) in [6.45, 7) is 2.07. The number of rotatable bonds is 2. The van der Waals surface area contributed by atoms with Crippen molar-refractivity contribution in [1.82, 2.24) is 0 Å². The fourth-order valence-corrected chi connectivity index (χ4v) is 3.86. The lowest BCUT2D eigenvalue weighted by Crippen LogP contribution is -2.29. The van der Waals surface area contributed by atoms with E-state index < -0.39 is 0 Å². The second-order valence-corrected chi connectivity index (χ2v) is 6.38. The number of nitro groups is 1. The van der Waals surface area contributed by atoms with Crippen molar-refractivity contribution in [2.75, 3.05) is 5.32 Å². The van der Waals surface area contributed by atoms with E-state index in [4.69, 9.17) is 0 Å². The van der Waals surface area contributed by atoms with Crippen molar-refractivity contribution in [3.05, 3.63) is 81.4 Å². The van der Waals surface area contributed by atoms with Gasteiger partial charge in [0.05, 0.1) is 11.0 Å². The molecule has 0 bridgehead atoms. The number of para-hydroxylation sites is 1. The van der Waals surface area contributed by atoms with Gasteiger partial charge in [0, 0.05) is 12.0 Å². The maximum atomic E-state index is 11.4. The molecule has 1 heterocycles. The van der Waals surface area contributed by atoms with E-state index in [1.54, 1.807) is 12.1 Å². The second kappa shape index (κ2) is 5.23. The number of hydrogen-bond donors (Lipinski definition) is 1. The van der Waals surface area contributed by atoms with Crippen LogP contribution in [-0.2, 0) is 0 Å². The number of aryl methyl sites for hydroxylation is 1. The monoisotopic (exact) mass is 306 g/mol. The number of nitro benzene ring substituents is 1. The predicted octanol–water partition coefficient (Wildman–Crippen LogP) is 4.73. The van der Waals surface area contributed by atoms with Crippen molar-refractivity contribution >= 4 is 11.4 Å². The van der Waals surface area contributed by atoms with Crippen LogP contribution in [-0.4, -0.2) is 4.92 Å². The molecule has 1 aliphatic heterocycles. The molecule has 3 atom stereocenters. The van der Waals surface area contributed by atoms with Crippen molar-refractivity contribution in [3.63, 3.8) is 0 Å². The number of nitrogens with one attached hydrogen (secondary N) is 1. The molecule has 0 radical (unpaired) electrons. The Morgan fingerprint density at radius 3 is 2.70 bits per heavy atom. The first-order valence-electron chi connectivity index (χ1n) is 7.92. The molecule has 0 spiro atoms. The van der Waals surface area contributed by atoms with Crippen LogP contribution in [0, 0.1) is 23.0 Å². The van der Waals surface area contributed by atoms with Crippen molar-refractivity contribution in [2.24, 2.45) is 5.92 Å². The second-order valence-electron chi connectivity index (χ2n) is 6.38. The van der Waals surface area contributed by atoms with Gasteiger partial charge in [-0.25, -0.2) is 0 Å². The molecule has 0 fully saturated rings. The Morgan fingerprint density at radius 2 is 1.96 bits per heavy atom. The van der Waals surface area contributed by atoms with Gasteiger partial charge in [-0.15, -0.1) is 0 Å². The quantitative estimate of drug-likeness (QED) is 0.496. The third-order valence-electron chi connectivity index (χ3n) is 5.01. The van der Waals surface area contributed by atoms with Crippen molar-refractivity contribution in [2.45, 2.75) is 25.3 Å². The largest absolute Gasteiger partial charge is 0.372 e. The van der Waals surface area contributed by atoms with Gasteiger partial charge in [0.15, 0.2) is 0 Å². The normalized spacial score (nSPS) is 24.7. The first-order valence-corrected chi connectivity index (χ1v) is 7.92. The van der Waals surface area contributed by atoms with E-state index in [-0.39, 0.29) is 22.6 Å². The van der Waals surface area contributed by atoms with Gasteiger partial charge in [0.2, 0.25) is 0 Å². The average molecular weight is 306 g/mol. The molecule has 116 valence electrons. The lowest BCUT2D eigenvalue weighted by molar-refractivity contribution is -0.384. The van der Waals surface area contributed by atoms with Crippen LogP contribution in [0.2, 0.25) is 0 Å². The van der Waals surface area contributed by atoms with E-state index >= 15 is 0 Å². The summed E-state index contributed by atoms with van der Waals surface area (Å²) in [6.07, 6.45) is 5.40. The Hall–Kier alpha value is -2.62. The smallest absolute Gasteiger partial charge is 0.292 e. The third-order valence-corrected chi connectivity index (χ3v) is 5.01. The van der Waals surface area contributed by atoms with Gasteiger partial charge in [0.25, 0.3) is 5.69 Å². The first-order chi connectivity index (χ1) is 11.1. The van der Waals surface area contributed by atoms with Crippen LogP contribution >= 0.6 is 0 Å². The Kier molecular flexibility index (Phi) is 3.18. The SMILES string of the molecule is Cc1ccc([C@@H]2Nc3c(cccc3[N+](=O)[O-])[C@H]3C=CC[C@H]32)cc1. The molecule has 1 aliphatic carbocycles. The topological polar surface area (TPSA) is 55.2 Å². The van der Waals surface area contributed by atoms with Crippen molar-refractivity contribution in [3.8, 4) is 0 Å². The van der Waals surface area contributed by atoms with Gasteiger partial charge in [0.1, 0.15) is 5.69 Å². The van der Waals surface area contributed by atoms with E-state index in [2.05, 4.69) is 48.7 Å². The van der Waals surface area contributed by atoms with Crippen molar-refractivity contribution < 1.29 is 4.92 Å². The highest BCUT2D eigenvalue weighted by molar-refractivity contribution is 5.71. The molecule has 2 aliphatic rings. The molecule has 2 aromatic carbocycles. The van der Waals surface area contributed by atoms with Crippen LogP contribution in [0.5, 0.6) is 0 Å². The van der Waals surface area contributed by atoms with Crippen LogP contribution in [0.25, 0.3) is 0 Å². The molecule has 23 heavy (non-hydrogen) atoms. The molecule has 0 saturated carbocycles. The van der Waals surface area contributed by atoms with Gasteiger partial charge >= 0.3 is 0 Å².